The van der Waals surface area contributed by atoms with E-state index in [-0.39, 0.29) is 24.0 Å². The highest BCUT2D eigenvalue weighted by atomic mass is 35.5. The molecule has 1 heterocycles. The molecule has 0 saturated heterocycles. The Morgan fingerprint density at radius 3 is 2.58 bits per heavy atom. The number of hydrogen-bond donors (Lipinski definition) is 3. The average molecular weight is 530 g/mol. The van der Waals surface area contributed by atoms with E-state index >= 15 is 0 Å². The number of ether oxygens (including phenoxy) is 1. The number of aliphatic imine (C=N–C) groups is 1. The van der Waals surface area contributed by atoms with E-state index in [1.165, 1.54) is 0 Å². The van der Waals surface area contributed by atoms with Gasteiger partial charge in [-0.2, -0.15) is 11.8 Å². The summed E-state index contributed by atoms with van der Waals surface area (Å²) in [4.78, 5) is 29.3. The number of guanidine groups is 1. The predicted octanol–water partition coefficient (Wildman–Crippen LogP) is 4.56. The first-order valence-electron chi connectivity index (χ1n) is 11.0. The number of rotatable bonds is 9. The monoisotopic (exact) mass is 529 g/mol. The number of carbonyl (C=O) groups is 2. The van der Waals surface area contributed by atoms with Crippen LogP contribution in [0.5, 0.6) is 5.75 Å². The lowest BCUT2D eigenvalue weighted by Gasteiger charge is -2.12. The van der Waals surface area contributed by atoms with E-state index in [1.54, 1.807) is 56.1 Å². The summed E-state index contributed by atoms with van der Waals surface area (Å²) in [6.07, 6.45) is 2.35. The Morgan fingerprint density at radius 1 is 1.22 bits per heavy atom. The molecule has 2 aromatic carbocycles. The Kier molecular flexibility index (Phi) is 9.38. The quantitative estimate of drug-likeness (QED) is 0.273. The van der Waals surface area contributed by atoms with Gasteiger partial charge in [0.25, 0.3) is 5.91 Å². The molecule has 11 heteroatoms. The van der Waals surface area contributed by atoms with Crippen LogP contribution in [-0.2, 0) is 11.3 Å². The molecular formula is C25H28ClN5O4S. The van der Waals surface area contributed by atoms with Gasteiger partial charge in [0.2, 0.25) is 5.91 Å². The first kappa shape index (κ1) is 27.1. The number of nitrogens with zero attached hydrogens (tertiary/aromatic N) is 2. The molecule has 190 valence electrons. The van der Waals surface area contributed by atoms with E-state index in [4.69, 9.17) is 26.6 Å². The van der Waals surface area contributed by atoms with Gasteiger partial charge in [-0.05, 0) is 61.6 Å². The molecule has 2 amide bonds. The van der Waals surface area contributed by atoms with E-state index in [9.17, 15) is 9.59 Å². The molecule has 9 nitrogen and oxygen atoms in total. The van der Waals surface area contributed by atoms with Crippen molar-refractivity contribution in [3.05, 3.63) is 63.9 Å². The second-order valence-corrected chi connectivity index (χ2v) is 9.30. The number of aryl methyl sites for hydroxylation is 2. The van der Waals surface area contributed by atoms with Gasteiger partial charge in [-0.3, -0.25) is 14.9 Å². The molecule has 0 spiro atoms. The van der Waals surface area contributed by atoms with Crippen LogP contribution in [0, 0.1) is 13.8 Å². The molecule has 0 aliphatic carbocycles. The number of halogens is 1. The van der Waals surface area contributed by atoms with Gasteiger partial charge < -0.3 is 20.3 Å². The van der Waals surface area contributed by atoms with Crippen molar-refractivity contribution in [1.29, 1.82) is 0 Å². The third-order valence-electron chi connectivity index (χ3n) is 5.27. The van der Waals surface area contributed by atoms with Crippen molar-refractivity contribution >= 4 is 46.8 Å². The fourth-order valence-corrected chi connectivity index (χ4v) is 4.17. The summed E-state index contributed by atoms with van der Waals surface area (Å²) < 4.78 is 10.4. The van der Waals surface area contributed by atoms with Crippen LogP contribution in [0.25, 0.3) is 11.3 Å². The Balaban J connectivity index is 1.70. The summed E-state index contributed by atoms with van der Waals surface area (Å²) in [5.41, 5.74) is 9.48. The molecule has 36 heavy (non-hydrogen) atoms. The number of hydrogen-bond acceptors (Lipinski definition) is 7. The van der Waals surface area contributed by atoms with Gasteiger partial charge in [0.1, 0.15) is 22.8 Å². The van der Waals surface area contributed by atoms with Crippen LogP contribution in [0.3, 0.4) is 0 Å². The number of carbonyl (C=O) groups excluding carboxylic acids is 2. The molecule has 3 aromatic rings. The molecule has 0 saturated carbocycles. The molecule has 0 aliphatic rings. The van der Waals surface area contributed by atoms with Gasteiger partial charge in [-0.15, -0.1) is 0 Å². The Labute approximate surface area is 218 Å². The maximum Gasteiger partial charge on any atom is 0.263 e. The summed E-state index contributed by atoms with van der Waals surface area (Å²) in [5, 5.41) is 9.87. The minimum Gasteiger partial charge on any atom is -0.497 e. The standard InChI is InChI=1S/C25H28ClN5O4S/c1-14-11-16(12-19(26)22(14)29-20(32)9-10-36-4)13-28-25(27)30-24(33)21-15(2)35-31-23(21)17-5-7-18(34-3)8-6-17/h5-8,11-12H,9-10,13H2,1-4H3,(H,29,32)(H3,27,28,30,33). The van der Waals surface area contributed by atoms with Crippen molar-refractivity contribution < 1.29 is 18.8 Å². The first-order chi connectivity index (χ1) is 17.2. The van der Waals surface area contributed by atoms with E-state index in [1.807, 2.05) is 19.2 Å². The van der Waals surface area contributed by atoms with Crippen molar-refractivity contribution in [3.8, 4) is 17.0 Å². The van der Waals surface area contributed by atoms with Crippen LogP contribution in [-0.4, -0.2) is 42.0 Å². The SMILES string of the molecule is COc1ccc(-c2noc(C)c2C(=O)NC(N)=NCc2cc(C)c(NC(=O)CCSC)c(Cl)c2)cc1. The summed E-state index contributed by atoms with van der Waals surface area (Å²) >= 11 is 8.00. The third-order valence-corrected chi connectivity index (χ3v) is 6.18. The molecule has 0 fully saturated rings. The van der Waals surface area contributed by atoms with Crippen LogP contribution in [0.1, 0.15) is 33.7 Å². The topological polar surface area (TPSA) is 132 Å². The van der Waals surface area contributed by atoms with Gasteiger partial charge in [-0.25, -0.2) is 4.99 Å². The van der Waals surface area contributed by atoms with E-state index in [0.717, 1.165) is 16.9 Å². The van der Waals surface area contributed by atoms with Crippen molar-refractivity contribution in [2.45, 2.75) is 26.8 Å². The second kappa shape index (κ2) is 12.5. The van der Waals surface area contributed by atoms with Gasteiger partial charge in [0.05, 0.1) is 24.4 Å². The van der Waals surface area contributed by atoms with E-state index in [2.05, 4.69) is 20.8 Å². The fourth-order valence-electron chi connectivity index (χ4n) is 3.44. The third kappa shape index (κ3) is 6.79. The number of thioether (sulfide) groups is 1. The fraction of sp³-hybridized carbons (Fsp3) is 0.280. The summed E-state index contributed by atoms with van der Waals surface area (Å²) in [6.45, 7) is 3.68. The highest BCUT2D eigenvalue weighted by Gasteiger charge is 2.22. The lowest BCUT2D eigenvalue weighted by Crippen LogP contribution is -2.37. The van der Waals surface area contributed by atoms with Crippen molar-refractivity contribution in [2.75, 3.05) is 24.4 Å². The van der Waals surface area contributed by atoms with Gasteiger partial charge >= 0.3 is 0 Å². The largest absolute Gasteiger partial charge is 0.497 e. The van der Waals surface area contributed by atoms with E-state index in [0.29, 0.717) is 39.9 Å². The maximum absolute atomic E-state index is 12.9. The van der Waals surface area contributed by atoms with Crippen molar-refractivity contribution in [3.63, 3.8) is 0 Å². The van der Waals surface area contributed by atoms with Crippen molar-refractivity contribution in [2.24, 2.45) is 10.7 Å². The number of anilines is 1. The molecule has 4 N–H and O–H groups in total. The Morgan fingerprint density at radius 2 is 1.94 bits per heavy atom. The number of methoxy groups -OCH3 is 1. The maximum atomic E-state index is 12.9. The molecule has 0 bridgehead atoms. The zero-order chi connectivity index (χ0) is 26.2. The van der Waals surface area contributed by atoms with Crippen LogP contribution in [0.2, 0.25) is 5.02 Å². The summed E-state index contributed by atoms with van der Waals surface area (Å²) in [7, 11) is 1.58. The molecule has 0 unspecified atom stereocenters. The normalized spacial score (nSPS) is 11.3. The lowest BCUT2D eigenvalue weighted by molar-refractivity contribution is -0.115. The number of amides is 2. The van der Waals surface area contributed by atoms with Gasteiger partial charge in [0.15, 0.2) is 5.96 Å². The number of aromatic nitrogens is 1. The van der Waals surface area contributed by atoms with Crippen LogP contribution >= 0.6 is 23.4 Å². The smallest absolute Gasteiger partial charge is 0.263 e. The minimum atomic E-state index is -0.488. The van der Waals surface area contributed by atoms with E-state index < -0.39 is 5.91 Å². The van der Waals surface area contributed by atoms with Crippen LogP contribution in [0.15, 0.2) is 45.9 Å². The molecule has 0 atom stereocenters. The Hall–Kier alpha value is -3.50. The van der Waals surface area contributed by atoms with Crippen molar-refractivity contribution in [1.82, 2.24) is 10.5 Å². The highest BCUT2D eigenvalue weighted by molar-refractivity contribution is 7.98. The molecule has 0 aliphatic heterocycles. The number of nitrogens with one attached hydrogen (secondary N) is 2. The first-order valence-corrected chi connectivity index (χ1v) is 12.8. The molecule has 3 rings (SSSR count). The van der Waals surface area contributed by atoms with Crippen LogP contribution < -0.4 is 21.1 Å². The number of nitrogens with two attached hydrogens (primary N) is 1. The highest BCUT2D eigenvalue weighted by Crippen LogP contribution is 2.29. The zero-order valence-corrected chi connectivity index (χ0v) is 22.0. The average Bonchev–Trinajstić information content (AvgIpc) is 3.25. The molecular weight excluding hydrogens is 502 g/mol. The summed E-state index contributed by atoms with van der Waals surface area (Å²) in [6, 6.07) is 10.7. The molecule has 1 aromatic heterocycles. The van der Waals surface area contributed by atoms with Gasteiger partial charge in [0, 0.05) is 17.7 Å². The lowest BCUT2D eigenvalue weighted by atomic mass is 10.1. The molecule has 0 radical (unpaired) electrons. The van der Waals surface area contributed by atoms with Crippen LogP contribution in [0.4, 0.5) is 5.69 Å². The Bertz CT molecular complexity index is 1250. The predicted molar refractivity (Wildman–Crippen MR) is 144 cm³/mol. The minimum absolute atomic E-state index is 0.0653. The second-order valence-electron chi connectivity index (χ2n) is 7.91. The summed E-state index contributed by atoms with van der Waals surface area (Å²) in [5.74, 6) is 1.12. The zero-order valence-electron chi connectivity index (χ0n) is 20.5. The van der Waals surface area contributed by atoms with Gasteiger partial charge in [-0.1, -0.05) is 22.8 Å². The number of benzene rings is 2.